The van der Waals surface area contributed by atoms with Gasteiger partial charge in [0.1, 0.15) is 0 Å². The van der Waals surface area contributed by atoms with E-state index < -0.39 is 0 Å². The number of benzene rings is 2. The van der Waals surface area contributed by atoms with Crippen LogP contribution < -0.4 is 0 Å². The summed E-state index contributed by atoms with van der Waals surface area (Å²) in [5, 5.41) is 2.05. The Morgan fingerprint density at radius 3 is 2.65 bits per heavy atom. The molecule has 1 unspecified atom stereocenters. The van der Waals surface area contributed by atoms with Gasteiger partial charge in [-0.05, 0) is 60.6 Å². The Bertz CT molecular complexity index is 891. The lowest BCUT2D eigenvalue weighted by atomic mass is 9.94. The highest BCUT2D eigenvalue weighted by atomic mass is 16.7. The summed E-state index contributed by atoms with van der Waals surface area (Å²) in [6.45, 7) is 4.17. The van der Waals surface area contributed by atoms with Gasteiger partial charge in [0.25, 0.3) is 0 Å². The number of carbonyl (C=O) groups excluding carboxylic acids is 1. The van der Waals surface area contributed by atoms with Crippen LogP contribution in [0.5, 0.6) is 0 Å². The first-order chi connectivity index (χ1) is 15.2. The maximum absolute atomic E-state index is 12.4. The van der Waals surface area contributed by atoms with Gasteiger partial charge < -0.3 is 9.47 Å². The number of rotatable bonds is 7. The molecule has 2 aromatic rings. The summed E-state index contributed by atoms with van der Waals surface area (Å²) in [7, 11) is 1.42. The zero-order valence-corrected chi connectivity index (χ0v) is 18.6. The molecule has 1 aliphatic heterocycles. The summed E-state index contributed by atoms with van der Waals surface area (Å²) < 4.78 is 11.3. The molecule has 1 atom stereocenters. The summed E-state index contributed by atoms with van der Waals surface area (Å²) in [6.07, 6.45) is 7.65. The quantitative estimate of drug-likeness (QED) is 0.565. The number of ether oxygens (including phenoxy) is 2. The third kappa shape index (κ3) is 5.35. The standard InChI is InChI=1S/C26H33NO4/c1-19-8-6-7-11-23(19)25-16-20(12-13-24(25)26(28)29-2)17-27-21(14-15-31-27)18-30-22-9-4-3-5-10-22/h6-8,11-13,16,21-22H,3-5,9-10,14-15,17-18H2,1-2H3. The van der Waals surface area contributed by atoms with E-state index >= 15 is 0 Å². The fraction of sp³-hybridized carbons (Fsp3) is 0.500. The number of hydrogen-bond donors (Lipinski definition) is 0. The minimum atomic E-state index is -0.319. The number of hydroxylamine groups is 2. The van der Waals surface area contributed by atoms with Crippen LogP contribution in [0.2, 0.25) is 0 Å². The van der Waals surface area contributed by atoms with Crippen molar-refractivity contribution >= 4 is 5.97 Å². The monoisotopic (exact) mass is 423 g/mol. The zero-order valence-electron chi connectivity index (χ0n) is 18.6. The van der Waals surface area contributed by atoms with Gasteiger partial charge in [0.2, 0.25) is 0 Å². The smallest absolute Gasteiger partial charge is 0.338 e. The molecule has 5 heteroatoms. The van der Waals surface area contributed by atoms with Crippen LogP contribution in [-0.4, -0.2) is 43.5 Å². The lowest BCUT2D eigenvalue weighted by molar-refractivity contribution is -0.154. The lowest BCUT2D eigenvalue weighted by Gasteiger charge is -2.27. The van der Waals surface area contributed by atoms with Crippen molar-refractivity contribution in [2.24, 2.45) is 0 Å². The van der Waals surface area contributed by atoms with Crippen LogP contribution in [0.3, 0.4) is 0 Å². The van der Waals surface area contributed by atoms with E-state index in [9.17, 15) is 4.79 Å². The van der Waals surface area contributed by atoms with Crippen molar-refractivity contribution in [1.82, 2.24) is 5.06 Å². The second-order valence-corrected chi connectivity index (χ2v) is 8.63. The van der Waals surface area contributed by atoms with Gasteiger partial charge in [0.05, 0.1) is 38.0 Å². The van der Waals surface area contributed by atoms with Gasteiger partial charge in [0, 0.05) is 6.54 Å². The molecule has 5 nitrogen and oxygen atoms in total. The van der Waals surface area contributed by atoms with Crippen LogP contribution in [0, 0.1) is 6.92 Å². The van der Waals surface area contributed by atoms with Gasteiger partial charge >= 0.3 is 5.97 Å². The summed E-state index contributed by atoms with van der Waals surface area (Å²) in [5.74, 6) is -0.319. The highest BCUT2D eigenvalue weighted by molar-refractivity contribution is 5.97. The SMILES string of the molecule is COC(=O)c1ccc(CN2OCCC2COC2CCCCC2)cc1-c1ccccc1C. The molecule has 0 N–H and O–H groups in total. The molecule has 1 saturated heterocycles. The molecule has 2 aliphatic rings. The van der Waals surface area contributed by atoms with Crippen LogP contribution >= 0.6 is 0 Å². The van der Waals surface area contributed by atoms with Gasteiger partial charge in [-0.3, -0.25) is 4.84 Å². The fourth-order valence-corrected chi connectivity index (χ4v) is 4.63. The highest BCUT2D eigenvalue weighted by Crippen LogP contribution is 2.30. The van der Waals surface area contributed by atoms with E-state index in [-0.39, 0.29) is 12.0 Å². The van der Waals surface area contributed by atoms with E-state index in [1.165, 1.54) is 39.2 Å². The van der Waals surface area contributed by atoms with Crippen LogP contribution in [0.15, 0.2) is 42.5 Å². The Kier molecular flexibility index (Phi) is 7.38. The van der Waals surface area contributed by atoms with Gasteiger partial charge in [-0.2, -0.15) is 5.06 Å². The molecule has 4 rings (SSSR count). The number of aryl methyl sites for hydroxylation is 1. The molecular weight excluding hydrogens is 390 g/mol. The van der Waals surface area contributed by atoms with Crippen molar-refractivity contribution in [3.63, 3.8) is 0 Å². The lowest BCUT2D eigenvalue weighted by Crippen LogP contribution is -2.33. The molecule has 1 aliphatic carbocycles. The van der Waals surface area contributed by atoms with E-state index in [1.54, 1.807) is 0 Å². The van der Waals surface area contributed by atoms with Crippen molar-refractivity contribution in [3.8, 4) is 11.1 Å². The number of methoxy groups -OCH3 is 1. The van der Waals surface area contributed by atoms with E-state index in [4.69, 9.17) is 14.3 Å². The van der Waals surface area contributed by atoms with Crippen molar-refractivity contribution in [1.29, 1.82) is 0 Å². The summed E-state index contributed by atoms with van der Waals surface area (Å²) >= 11 is 0. The maximum atomic E-state index is 12.4. The first-order valence-electron chi connectivity index (χ1n) is 11.4. The van der Waals surface area contributed by atoms with Crippen LogP contribution in [0.1, 0.15) is 60.0 Å². The molecule has 1 heterocycles. The molecule has 2 fully saturated rings. The summed E-state index contributed by atoms with van der Waals surface area (Å²) in [6, 6.07) is 14.3. The maximum Gasteiger partial charge on any atom is 0.338 e. The molecule has 2 aromatic carbocycles. The number of esters is 1. The Morgan fingerprint density at radius 2 is 1.87 bits per heavy atom. The Labute approximate surface area is 185 Å². The summed E-state index contributed by atoms with van der Waals surface area (Å²) in [4.78, 5) is 18.3. The average molecular weight is 424 g/mol. The van der Waals surface area contributed by atoms with E-state index in [0.717, 1.165) is 41.9 Å². The Balaban J connectivity index is 1.50. The second-order valence-electron chi connectivity index (χ2n) is 8.63. The van der Waals surface area contributed by atoms with E-state index in [2.05, 4.69) is 24.1 Å². The minimum Gasteiger partial charge on any atom is -0.465 e. The van der Waals surface area contributed by atoms with Crippen LogP contribution in [-0.2, 0) is 20.9 Å². The predicted molar refractivity (Wildman–Crippen MR) is 121 cm³/mol. The first-order valence-corrected chi connectivity index (χ1v) is 11.4. The normalized spacial score (nSPS) is 20.1. The van der Waals surface area contributed by atoms with Crippen LogP contribution in [0.25, 0.3) is 11.1 Å². The summed E-state index contributed by atoms with van der Waals surface area (Å²) in [5.41, 5.74) is 4.76. The Hall–Kier alpha value is -2.21. The molecule has 1 saturated carbocycles. The van der Waals surface area contributed by atoms with E-state index in [0.29, 0.717) is 18.2 Å². The van der Waals surface area contributed by atoms with E-state index in [1.807, 2.05) is 30.3 Å². The molecule has 0 aromatic heterocycles. The second kappa shape index (κ2) is 10.4. The molecule has 0 radical (unpaired) electrons. The Morgan fingerprint density at radius 1 is 1.06 bits per heavy atom. The molecule has 0 spiro atoms. The molecule has 166 valence electrons. The first kappa shape index (κ1) is 22.0. The predicted octanol–water partition coefficient (Wildman–Crippen LogP) is 5.30. The van der Waals surface area contributed by atoms with Crippen molar-refractivity contribution in [2.75, 3.05) is 20.3 Å². The largest absolute Gasteiger partial charge is 0.465 e. The van der Waals surface area contributed by atoms with Gasteiger partial charge in [-0.15, -0.1) is 0 Å². The third-order valence-electron chi connectivity index (χ3n) is 6.45. The van der Waals surface area contributed by atoms with Crippen molar-refractivity contribution in [2.45, 2.75) is 64.1 Å². The molecular formula is C26H33NO4. The fourth-order valence-electron chi connectivity index (χ4n) is 4.63. The van der Waals surface area contributed by atoms with Crippen LogP contribution in [0.4, 0.5) is 0 Å². The topological polar surface area (TPSA) is 48.0 Å². The third-order valence-corrected chi connectivity index (χ3v) is 6.45. The van der Waals surface area contributed by atoms with Crippen molar-refractivity contribution in [3.05, 3.63) is 59.2 Å². The van der Waals surface area contributed by atoms with Crippen molar-refractivity contribution < 1.29 is 19.1 Å². The van der Waals surface area contributed by atoms with Gasteiger partial charge in [-0.1, -0.05) is 49.6 Å². The van der Waals surface area contributed by atoms with Gasteiger partial charge in [-0.25, -0.2) is 4.79 Å². The molecule has 0 bridgehead atoms. The number of nitrogens with zero attached hydrogens (tertiary/aromatic N) is 1. The number of carbonyl (C=O) groups is 1. The zero-order chi connectivity index (χ0) is 21.6. The highest BCUT2D eigenvalue weighted by Gasteiger charge is 2.28. The average Bonchev–Trinajstić information content (AvgIpc) is 3.25. The minimum absolute atomic E-state index is 0.268. The molecule has 31 heavy (non-hydrogen) atoms. The number of hydrogen-bond acceptors (Lipinski definition) is 5. The molecule has 0 amide bonds. The van der Waals surface area contributed by atoms with Gasteiger partial charge in [0.15, 0.2) is 0 Å².